The SMILES string of the molecule is C#CCN(/N=C/c1ccc(Br)cc1)C(=O)Nc1c(C)cccc1C. The van der Waals surface area contributed by atoms with Gasteiger partial charge in [-0.15, -0.1) is 6.42 Å². The van der Waals surface area contributed by atoms with Crippen LogP contribution in [0, 0.1) is 26.2 Å². The number of hydrogen-bond acceptors (Lipinski definition) is 2. The van der Waals surface area contributed by atoms with Crippen molar-refractivity contribution < 1.29 is 4.79 Å². The van der Waals surface area contributed by atoms with E-state index in [2.05, 4.69) is 32.3 Å². The second-order valence-electron chi connectivity index (χ2n) is 5.25. The third-order valence-electron chi connectivity index (χ3n) is 3.40. The minimum atomic E-state index is -0.362. The zero-order chi connectivity index (χ0) is 17.5. The Morgan fingerprint density at radius 3 is 2.46 bits per heavy atom. The molecule has 24 heavy (non-hydrogen) atoms. The van der Waals surface area contributed by atoms with Crippen molar-refractivity contribution in [3.8, 4) is 12.3 Å². The van der Waals surface area contributed by atoms with Crippen molar-refractivity contribution in [2.24, 2.45) is 5.10 Å². The van der Waals surface area contributed by atoms with Crippen LogP contribution in [0.5, 0.6) is 0 Å². The number of para-hydroxylation sites is 1. The maximum atomic E-state index is 12.5. The van der Waals surface area contributed by atoms with Crippen molar-refractivity contribution in [2.75, 3.05) is 11.9 Å². The number of benzene rings is 2. The first-order valence-electron chi connectivity index (χ1n) is 7.39. The molecule has 0 spiro atoms. The van der Waals surface area contributed by atoms with Gasteiger partial charge in [-0.05, 0) is 42.7 Å². The Kier molecular flexibility index (Phi) is 6.16. The fourth-order valence-corrected chi connectivity index (χ4v) is 2.38. The molecular weight excluding hydrogens is 366 g/mol. The molecule has 1 N–H and O–H groups in total. The molecule has 0 fully saturated rings. The monoisotopic (exact) mass is 383 g/mol. The number of hydrazone groups is 1. The molecule has 0 bridgehead atoms. The predicted octanol–water partition coefficient (Wildman–Crippen LogP) is 4.57. The lowest BCUT2D eigenvalue weighted by Gasteiger charge is -2.17. The highest BCUT2D eigenvalue weighted by Crippen LogP contribution is 2.20. The lowest BCUT2D eigenvalue weighted by molar-refractivity contribution is 0.220. The zero-order valence-electron chi connectivity index (χ0n) is 13.6. The summed E-state index contributed by atoms with van der Waals surface area (Å²) in [4.78, 5) is 12.5. The van der Waals surface area contributed by atoms with Gasteiger partial charge in [0, 0.05) is 10.2 Å². The first-order valence-corrected chi connectivity index (χ1v) is 8.18. The van der Waals surface area contributed by atoms with Crippen molar-refractivity contribution in [1.82, 2.24) is 5.01 Å². The predicted molar refractivity (Wildman–Crippen MR) is 102 cm³/mol. The summed E-state index contributed by atoms with van der Waals surface area (Å²) in [6.45, 7) is 3.97. The van der Waals surface area contributed by atoms with Crippen LogP contribution in [0.2, 0.25) is 0 Å². The average Bonchev–Trinajstić information content (AvgIpc) is 2.56. The number of aryl methyl sites for hydroxylation is 2. The Labute approximate surface area is 150 Å². The highest BCUT2D eigenvalue weighted by atomic mass is 79.9. The molecule has 2 aromatic rings. The molecule has 2 aromatic carbocycles. The van der Waals surface area contributed by atoms with Crippen molar-refractivity contribution in [1.29, 1.82) is 0 Å². The number of terminal acetylenes is 1. The van der Waals surface area contributed by atoms with Gasteiger partial charge in [-0.1, -0.05) is 52.2 Å². The Morgan fingerprint density at radius 2 is 1.88 bits per heavy atom. The smallest absolute Gasteiger partial charge is 0.306 e. The van der Waals surface area contributed by atoms with Gasteiger partial charge in [-0.2, -0.15) is 5.10 Å². The van der Waals surface area contributed by atoms with E-state index in [1.165, 1.54) is 5.01 Å². The number of halogens is 1. The van der Waals surface area contributed by atoms with E-state index < -0.39 is 0 Å². The molecule has 0 aliphatic rings. The summed E-state index contributed by atoms with van der Waals surface area (Å²) in [5.41, 5.74) is 3.63. The molecule has 2 rings (SSSR count). The van der Waals surface area contributed by atoms with Gasteiger partial charge in [0.1, 0.15) is 6.54 Å². The summed E-state index contributed by atoms with van der Waals surface area (Å²) in [5, 5.41) is 8.32. The second kappa shape index (κ2) is 8.32. The Bertz CT molecular complexity index is 771. The van der Waals surface area contributed by atoms with Crippen LogP contribution in [0.3, 0.4) is 0 Å². The first kappa shape index (κ1) is 17.8. The Morgan fingerprint density at radius 1 is 1.25 bits per heavy atom. The minimum absolute atomic E-state index is 0.0871. The van der Waals surface area contributed by atoms with Crippen molar-refractivity contribution in [2.45, 2.75) is 13.8 Å². The molecule has 0 aliphatic carbocycles. The molecule has 0 unspecified atom stereocenters. The van der Waals surface area contributed by atoms with Gasteiger partial charge in [-0.3, -0.25) is 0 Å². The molecule has 0 heterocycles. The number of anilines is 1. The zero-order valence-corrected chi connectivity index (χ0v) is 15.2. The van der Waals surface area contributed by atoms with Gasteiger partial charge in [0.25, 0.3) is 0 Å². The van der Waals surface area contributed by atoms with Gasteiger partial charge < -0.3 is 5.32 Å². The summed E-state index contributed by atoms with van der Waals surface area (Å²) < 4.78 is 0.980. The lowest BCUT2D eigenvalue weighted by atomic mass is 10.1. The minimum Gasteiger partial charge on any atom is -0.306 e. The van der Waals surface area contributed by atoms with Gasteiger partial charge in [0.2, 0.25) is 0 Å². The molecule has 0 atom stereocenters. The van der Waals surface area contributed by atoms with E-state index >= 15 is 0 Å². The third kappa shape index (κ3) is 4.71. The van der Waals surface area contributed by atoms with Crippen molar-refractivity contribution >= 4 is 33.9 Å². The van der Waals surface area contributed by atoms with Crippen LogP contribution in [-0.4, -0.2) is 23.8 Å². The molecular formula is C19H18BrN3O. The Balaban J connectivity index is 2.16. The summed E-state index contributed by atoms with van der Waals surface area (Å²) in [6, 6.07) is 13.1. The van der Waals surface area contributed by atoms with Crippen LogP contribution in [-0.2, 0) is 0 Å². The maximum Gasteiger partial charge on any atom is 0.343 e. The number of carbonyl (C=O) groups is 1. The van der Waals surface area contributed by atoms with E-state index in [0.29, 0.717) is 0 Å². The third-order valence-corrected chi connectivity index (χ3v) is 3.93. The van der Waals surface area contributed by atoms with E-state index in [0.717, 1.165) is 26.9 Å². The highest BCUT2D eigenvalue weighted by molar-refractivity contribution is 9.10. The van der Waals surface area contributed by atoms with E-state index in [9.17, 15) is 4.79 Å². The standard InChI is InChI=1S/C19H18BrN3O/c1-4-12-23(21-13-16-8-10-17(20)11-9-16)19(24)22-18-14(2)6-5-7-15(18)3/h1,5-11,13H,12H2,2-3H3,(H,22,24)/b21-13+. The number of carbonyl (C=O) groups excluding carboxylic acids is 1. The molecule has 2 amide bonds. The van der Waals surface area contributed by atoms with Gasteiger partial charge in [-0.25, -0.2) is 9.80 Å². The maximum absolute atomic E-state index is 12.5. The highest BCUT2D eigenvalue weighted by Gasteiger charge is 2.13. The van der Waals surface area contributed by atoms with E-state index in [-0.39, 0.29) is 12.6 Å². The number of amides is 2. The van der Waals surface area contributed by atoms with E-state index in [1.807, 2.05) is 56.3 Å². The molecule has 4 nitrogen and oxygen atoms in total. The lowest BCUT2D eigenvalue weighted by Crippen LogP contribution is -2.31. The number of nitrogens with one attached hydrogen (secondary N) is 1. The van der Waals surface area contributed by atoms with Crippen LogP contribution >= 0.6 is 15.9 Å². The van der Waals surface area contributed by atoms with Crippen molar-refractivity contribution in [3.05, 3.63) is 63.6 Å². The number of rotatable bonds is 4. The number of urea groups is 1. The number of nitrogens with zero attached hydrogens (tertiary/aromatic N) is 2. The molecule has 0 aliphatic heterocycles. The molecule has 122 valence electrons. The van der Waals surface area contributed by atoms with Crippen LogP contribution in [0.4, 0.5) is 10.5 Å². The van der Waals surface area contributed by atoms with Crippen LogP contribution in [0.15, 0.2) is 52.0 Å². The molecule has 0 saturated heterocycles. The summed E-state index contributed by atoms with van der Waals surface area (Å²) in [5.74, 6) is 2.45. The summed E-state index contributed by atoms with van der Waals surface area (Å²) in [7, 11) is 0. The second-order valence-corrected chi connectivity index (χ2v) is 6.17. The number of hydrogen-bond donors (Lipinski definition) is 1. The Hall–Kier alpha value is -2.58. The van der Waals surface area contributed by atoms with Gasteiger partial charge in [0.05, 0.1) is 6.21 Å². The largest absolute Gasteiger partial charge is 0.343 e. The molecule has 0 saturated carbocycles. The topological polar surface area (TPSA) is 44.7 Å². The van der Waals surface area contributed by atoms with E-state index in [1.54, 1.807) is 6.21 Å². The van der Waals surface area contributed by atoms with Crippen LogP contribution < -0.4 is 5.32 Å². The average molecular weight is 384 g/mol. The van der Waals surface area contributed by atoms with Crippen LogP contribution in [0.25, 0.3) is 0 Å². The molecule has 5 heteroatoms. The summed E-state index contributed by atoms with van der Waals surface area (Å²) >= 11 is 3.38. The molecule has 0 aromatic heterocycles. The quantitative estimate of drug-likeness (QED) is 0.469. The van der Waals surface area contributed by atoms with E-state index in [4.69, 9.17) is 6.42 Å². The first-order chi connectivity index (χ1) is 11.5. The van der Waals surface area contributed by atoms with Crippen LogP contribution in [0.1, 0.15) is 16.7 Å². The fraction of sp³-hybridized carbons (Fsp3) is 0.158. The molecule has 0 radical (unpaired) electrons. The fourth-order valence-electron chi connectivity index (χ4n) is 2.12. The normalized spacial score (nSPS) is 10.4. The van der Waals surface area contributed by atoms with Gasteiger partial charge in [0.15, 0.2) is 0 Å². The van der Waals surface area contributed by atoms with Gasteiger partial charge >= 0.3 is 6.03 Å². The van der Waals surface area contributed by atoms with Crippen molar-refractivity contribution in [3.63, 3.8) is 0 Å². The summed E-state index contributed by atoms with van der Waals surface area (Å²) in [6.07, 6.45) is 6.96.